The molecule has 2 aromatic rings. The predicted molar refractivity (Wildman–Crippen MR) is 150 cm³/mol. The van der Waals surface area contributed by atoms with E-state index in [0.717, 1.165) is 51.9 Å². The molecule has 0 aromatic heterocycles. The minimum absolute atomic E-state index is 0. The molecule has 2 heterocycles. The summed E-state index contributed by atoms with van der Waals surface area (Å²) in [6.07, 6.45) is 5.73. The van der Waals surface area contributed by atoms with E-state index >= 15 is 0 Å². The second-order valence-corrected chi connectivity index (χ2v) is 9.30. The van der Waals surface area contributed by atoms with Gasteiger partial charge in [-0.15, -0.1) is 11.6 Å². The van der Waals surface area contributed by atoms with Gasteiger partial charge in [-0.05, 0) is 62.1 Å². The number of hydrogen-bond acceptors (Lipinski definition) is 6. The van der Waals surface area contributed by atoms with Gasteiger partial charge in [0.05, 0.1) is 10.0 Å². The average molecular weight is 588 g/mol. The lowest BCUT2D eigenvalue weighted by molar-refractivity contribution is -0.132. The highest BCUT2D eigenvalue weighted by atomic mass is 35.5. The number of likely N-dealkylation sites (tertiary alicyclic amines) is 2. The second-order valence-electron chi connectivity index (χ2n) is 8.22. The highest BCUT2D eigenvalue weighted by Gasteiger charge is 2.18. The van der Waals surface area contributed by atoms with Crippen molar-refractivity contribution >= 4 is 59.2 Å². The minimum atomic E-state index is -0.0110. The van der Waals surface area contributed by atoms with Crippen LogP contribution in [0, 0.1) is 0 Å². The fourth-order valence-corrected chi connectivity index (χ4v) is 4.16. The van der Waals surface area contributed by atoms with Gasteiger partial charge in [0.2, 0.25) is 5.91 Å². The fourth-order valence-electron chi connectivity index (χ4n) is 3.56. The Morgan fingerprint density at radius 3 is 1.74 bits per heavy atom. The lowest BCUT2D eigenvalue weighted by atomic mass is 10.2. The van der Waals surface area contributed by atoms with Crippen LogP contribution in [0.3, 0.4) is 0 Å². The maximum atomic E-state index is 11.7. The number of phenols is 1. The van der Waals surface area contributed by atoms with Gasteiger partial charge in [0.15, 0.2) is 19.2 Å². The molecule has 2 aromatic carbocycles. The number of carbonyl (C=O) groups is 4. The first-order valence-corrected chi connectivity index (χ1v) is 13.0. The zero-order valence-electron chi connectivity index (χ0n) is 20.2. The largest absolute Gasteiger partial charge is 0.508 e. The first kappa shape index (κ1) is 33.2. The van der Waals surface area contributed by atoms with Crippen molar-refractivity contribution in [3.05, 3.63) is 57.6 Å². The molecule has 0 radical (unpaired) electrons. The Morgan fingerprint density at radius 1 is 0.816 bits per heavy atom. The maximum absolute atomic E-state index is 11.7. The SMILES string of the molecule is C.O=C(CCl)N1CCCC1.O=Cc1ccc(O)cc1Cl.O=Cc1ccc(OCC(=O)N2CCCC2)cc1Cl. The third kappa shape index (κ3) is 10.9. The molecule has 0 aliphatic carbocycles. The lowest BCUT2D eigenvalue weighted by Crippen LogP contribution is -2.32. The third-order valence-corrected chi connectivity index (χ3v) is 6.49. The van der Waals surface area contributed by atoms with Gasteiger partial charge in [-0.3, -0.25) is 19.2 Å². The number of halogens is 3. The summed E-state index contributed by atoms with van der Waals surface area (Å²) >= 11 is 16.7. The van der Waals surface area contributed by atoms with Crippen LogP contribution in [0.4, 0.5) is 0 Å². The highest BCUT2D eigenvalue weighted by Crippen LogP contribution is 2.22. The summed E-state index contributed by atoms with van der Waals surface area (Å²) in [5, 5.41) is 9.44. The molecule has 2 fully saturated rings. The summed E-state index contributed by atoms with van der Waals surface area (Å²) in [6, 6.07) is 8.95. The van der Waals surface area contributed by atoms with Crippen molar-refractivity contribution in [2.45, 2.75) is 33.1 Å². The lowest BCUT2D eigenvalue weighted by Gasteiger charge is -2.15. The molecule has 38 heavy (non-hydrogen) atoms. The number of aromatic hydroxyl groups is 1. The number of amides is 2. The van der Waals surface area contributed by atoms with Gasteiger partial charge in [0.25, 0.3) is 5.91 Å². The zero-order chi connectivity index (χ0) is 27.2. The molecule has 0 spiro atoms. The van der Waals surface area contributed by atoms with Crippen LogP contribution in [0.1, 0.15) is 53.8 Å². The molecular formula is C27H33Cl3N2O6. The number of carbonyl (C=O) groups excluding carboxylic acids is 4. The molecule has 0 atom stereocenters. The van der Waals surface area contributed by atoms with Crippen LogP contribution in [0.2, 0.25) is 10.0 Å². The number of hydrogen-bond donors (Lipinski definition) is 1. The number of ether oxygens (including phenoxy) is 1. The molecule has 2 aliphatic heterocycles. The quantitative estimate of drug-likeness (QED) is 0.354. The Hall–Kier alpha value is -2.81. The Bertz CT molecular complexity index is 1070. The molecule has 11 heteroatoms. The van der Waals surface area contributed by atoms with Crippen molar-refractivity contribution in [1.29, 1.82) is 0 Å². The van der Waals surface area contributed by atoms with Crippen LogP contribution in [0.5, 0.6) is 11.5 Å². The molecule has 0 unspecified atom stereocenters. The number of phenolic OH excluding ortho intramolecular Hbond substituents is 1. The van der Waals surface area contributed by atoms with E-state index in [0.29, 0.717) is 34.5 Å². The Balaban J connectivity index is 0.000000307. The van der Waals surface area contributed by atoms with E-state index < -0.39 is 0 Å². The molecule has 2 amide bonds. The van der Waals surface area contributed by atoms with Crippen LogP contribution in [0.15, 0.2) is 36.4 Å². The van der Waals surface area contributed by atoms with Crippen molar-refractivity contribution in [3.63, 3.8) is 0 Å². The molecule has 4 rings (SSSR count). The van der Waals surface area contributed by atoms with Crippen molar-refractivity contribution in [2.75, 3.05) is 38.7 Å². The number of nitrogens with zero attached hydrogens (tertiary/aromatic N) is 2. The first-order chi connectivity index (χ1) is 17.8. The monoisotopic (exact) mass is 586 g/mol. The van der Waals surface area contributed by atoms with E-state index in [1.165, 1.54) is 18.2 Å². The summed E-state index contributed by atoms with van der Waals surface area (Å²) < 4.78 is 5.37. The first-order valence-electron chi connectivity index (χ1n) is 11.7. The highest BCUT2D eigenvalue weighted by molar-refractivity contribution is 6.33. The molecule has 0 bridgehead atoms. The zero-order valence-corrected chi connectivity index (χ0v) is 22.5. The summed E-state index contributed by atoms with van der Waals surface area (Å²) in [7, 11) is 0. The van der Waals surface area contributed by atoms with Crippen molar-refractivity contribution < 1.29 is 29.0 Å². The van der Waals surface area contributed by atoms with E-state index in [1.807, 2.05) is 4.90 Å². The van der Waals surface area contributed by atoms with E-state index in [-0.39, 0.29) is 42.5 Å². The number of rotatable bonds is 6. The average Bonchev–Trinajstić information content (AvgIpc) is 3.63. The summed E-state index contributed by atoms with van der Waals surface area (Å²) in [5.41, 5.74) is 0.800. The standard InChI is InChI=1S/C13H14ClNO3.C7H5ClO2.C6H10ClNO.CH4/c14-12-7-11(4-3-10(12)8-16)18-9-13(17)15-5-1-2-6-15;8-7-3-6(10)2-1-5(7)4-9;7-5-6(9)8-3-1-2-4-8;/h3-4,7-8H,1-2,5-6,9H2;1-4,10H;1-5H2;1H4. The molecular weight excluding hydrogens is 555 g/mol. The van der Waals surface area contributed by atoms with Crippen molar-refractivity contribution in [2.24, 2.45) is 0 Å². The van der Waals surface area contributed by atoms with E-state index in [1.54, 1.807) is 23.1 Å². The molecule has 208 valence electrons. The summed E-state index contributed by atoms with van der Waals surface area (Å²) in [5.74, 6) is 0.769. The van der Waals surface area contributed by atoms with Gasteiger partial charge < -0.3 is 19.6 Å². The summed E-state index contributed by atoms with van der Waals surface area (Å²) in [6.45, 7) is 3.45. The van der Waals surface area contributed by atoms with Gasteiger partial charge in [0, 0.05) is 37.3 Å². The Morgan fingerprint density at radius 2 is 1.29 bits per heavy atom. The predicted octanol–water partition coefficient (Wildman–Crippen LogP) is 5.50. The minimum Gasteiger partial charge on any atom is -0.508 e. The van der Waals surface area contributed by atoms with E-state index in [2.05, 4.69) is 0 Å². The molecule has 2 aliphatic rings. The van der Waals surface area contributed by atoms with Crippen LogP contribution < -0.4 is 4.74 Å². The van der Waals surface area contributed by atoms with Gasteiger partial charge in [-0.25, -0.2) is 0 Å². The molecule has 8 nitrogen and oxygen atoms in total. The maximum Gasteiger partial charge on any atom is 0.260 e. The number of alkyl halides is 1. The topological polar surface area (TPSA) is 104 Å². The Labute approximate surface area is 238 Å². The van der Waals surface area contributed by atoms with Gasteiger partial charge >= 0.3 is 0 Å². The van der Waals surface area contributed by atoms with Gasteiger partial charge in [-0.1, -0.05) is 30.6 Å². The van der Waals surface area contributed by atoms with E-state index in [9.17, 15) is 19.2 Å². The Kier molecular flexibility index (Phi) is 15.4. The van der Waals surface area contributed by atoms with E-state index in [4.69, 9.17) is 44.6 Å². The van der Waals surface area contributed by atoms with Crippen LogP contribution in [-0.4, -0.2) is 78.0 Å². The fraction of sp³-hybridized carbons (Fsp3) is 0.407. The van der Waals surface area contributed by atoms with Crippen LogP contribution in [-0.2, 0) is 9.59 Å². The van der Waals surface area contributed by atoms with Crippen LogP contribution in [0.25, 0.3) is 0 Å². The third-order valence-electron chi connectivity index (χ3n) is 5.60. The molecule has 1 N–H and O–H groups in total. The number of aldehydes is 2. The summed E-state index contributed by atoms with van der Waals surface area (Å²) in [4.78, 5) is 46.9. The van der Waals surface area contributed by atoms with Crippen molar-refractivity contribution in [1.82, 2.24) is 9.80 Å². The molecule has 0 saturated carbocycles. The number of benzene rings is 2. The molecule has 2 saturated heterocycles. The second kappa shape index (κ2) is 17.7. The van der Waals surface area contributed by atoms with Gasteiger partial charge in [0.1, 0.15) is 17.4 Å². The normalized spacial score (nSPS) is 13.8. The van der Waals surface area contributed by atoms with Gasteiger partial charge in [-0.2, -0.15) is 0 Å². The smallest absolute Gasteiger partial charge is 0.260 e. The van der Waals surface area contributed by atoms with Crippen molar-refractivity contribution in [3.8, 4) is 11.5 Å². The van der Waals surface area contributed by atoms with Crippen LogP contribution >= 0.6 is 34.8 Å².